The first-order valence-corrected chi connectivity index (χ1v) is 6.09. The van der Waals surface area contributed by atoms with Crippen molar-refractivity contribution in [2.75, 3.05) is 0 Å². The minimum atomic E-state index is -4.15. The van der Waals surface area contributed by atoms with Gasteiger partial charge in [-0.05, 0) is 18.6 Å². The molecule has 0 aliphatic carbocycles. The van der Waals surface area contributed by atoms with Crippen LogP contribution in [0.3, 0.4) is 0 Å². The molecular formula is C13H16F3N3. The standard InChI is InChI=1S/C13H16F3N3/c1-19-11-5-3-2-4-10(11)18-12(19)8-9(17)6-7-13(14,15)16/h2-5,9H,6-8,17H2,1H3. The molecule has 1 heterocycles. The Balaban J connectivity index is 2.07. The van der Waals surface area contributed by atoms with Gasteiger partial charge >= 0.3 is 6.18 Å². The van der Waals surface area contributed by atoms with Crippen molar-refractivity contribution >= 4 is 11.0 Å². The monoisotopic (exact) mass is 271 g/mol. The zero-order valence-electron chi connectivity index (χ0n) is 10.6. The van der Waals surface area contributed by atoms with Crippen LogP contribution in [0.15, 0.2) is 24.3 Å². The van der Waals surface area contributed by atoms with Gasteiger partial charge in [0, 0.05) is 25.9 Å². The van der Waals surface area contributed by atoms with E-state index in [-0.39, 0.29) is 6.42 Å². The molecule has 1 atom stereocenters. The van der Waals surface area contributed by atoms with Gasteiger partial charge in [-0.3, -0.25) is 0 Å². The largest absolute Gasteiger partial charge is 0.389 e. The normalized spacial score (nSPS) is 13.9. The zero-order chi connectivity index (χ0) is 14.0. The number of nitrogens with zero attached hydrogens (tertiary/aromatic N) is 2. The Labute approximate surface area is 109 Å². The lowest BCUT2D eigenvalue weighted by molar-refractivity contribution is -0.136. The third-order valence-corrected chi connectivity index (χ3v) is 3.12. The van der Waals surface area contributed by atoms with Crippen molar-refractivity contribution in [3.8, 4) is 0 Å². The average Bonchev–Trinajstić information content (AvgIpc) is 2.64. The minimum absolute atomic E-state index is 0.0767. The smallest absolute Gasteiger partial charge is 0.331 e. The van der Waals surface area contributed by atoms with Crippen molar-refractivity contribution in [3.63, 3.8) is 0 Å². The summed E-state index contributed by atoms with van der Waals surface area (Å²) < 4.78 is 38.3. The van der Waals surface area contributed by atoms with E-state index in [1.54, 1.807) is 0 Å². The van der Waals surface area contributed by atoms with Crippen molar-refractivity contribution in [3.05, 3.63) is 30.1 Å². The number of aromatic nitrogens is 2. The van der Waals surface area contributed by atoms with Crippen LogP contribution in [0.5, 0.6) is 0 Å². The average molecular weight is 271 g/mol. The Morgan fingerprint density at radius 2 is 2.00 bits per heavy atom. The van der Waals surface area contributed by atoms with Gasteiger partial charge in [-0.2, -0.15) is 13.2 Å². The number of para-hydroxylation sites is 2. The lowest BCUT2D eigenvalue weighted by atomic mass is 10.1. The molecule has 1 aromatic carbocycles. The van der Waals surface area contributed by atoms with E-state index in [0.717, 1.165) is 16.9 Å². The van der Waals surface area contributed by atoms with Crippen LogP contribution in [0.25, 0.3) is 11.0 Å². The molecule has 0 amide bonds. The molecule has 6 heteroatoms. The summed E-state index contributed by atoms with van der Waals surface area (Å²) in [7, 11) is 1.85. The summed E-state index contributed by atoms with van der Waals surface area (Å²) in [6.45, 7) is 0. The van der Waals surface area contributed by atoms with E-state index in [0.29, 0.717) is 6.42 Å². The second kappa shape index (κ2) is 5.21. The Hall–Kier alpha value is -1.56. The fraction of sp³-hybridized carbons (Fsp3) is 0.462. The van der Waals surface area contributed by atoms with Crippen molar-refractivity contribution in [1.82, 2.24) is 9.55 Å². The van der Waals surface area contributed by atoms with Gasteiger partial charge in [-0.15, -0.1) is 0 Å². The van der Waals surface area contributed by atoms with Gasteiger partial charge in [0.25, 0.3) is 0 Å². The number of benzene rings is 1. The van der Waals surface area contributed by atoms with Crippen LogP contribution < -0.4 is 5.73 Å². The highest BCUT2D eigenvalue weighted by Crippen LogP contribution is 2.23. The molecule has 0 radical (unpaired) electrons. The summed E-state index contributed by atoms with van der Waals surface area (Å²) >= 11 is 0. The molecule has 2 N–H and O–H groups in total. The van der Waals surface area contributed by atoms with Crippen LogP contribution >= 0.6 is 0 Å². The maximum absolute atomic E-state index is 12.1. The summed E-state index contributed by atoms with van der Waals surface area (Å²) in [5.74, 6) is 0.718. The van der Waals surface area contributed by atoms with Crippen LogP contribution in [0.4, 0.5) is 13.2 Å². The maximum atomic E-state index is 12.1. The number of alkyl halides is 3. The lowest BCUT2D eigenvalue weighted by Gasteiger charge is -2.12. The summed E-state index contributed by atoms with van der Waals surface area (Å²) in [4.78, 5) is 4.40. The Bertz CT molecular complexity index is 560. The van der Waals surface area contributed by atoms with Crippen LogP contribution in [0.1, 0.15) is 18.7 Å². The van der Waals surface area contributed by atoms with E-state index < -0.39 is 18.6 Å². The predicted molar refractivity (Wildman–Crippen MR) is 67.7 cm³/mol. The van der Waals surface area contributed by atoms with Crippen molar-refractivity contribution < 1.29 is 13.2 Å². The van der Waals surface area contributed by atoms with Gasteiger partial charge in [0.2, 0.25) is 0 Å². The first-order chi connectivity index (χ1) is 8.87. The van der Waals surface area contributed by atoms with Gasteiger partial charge < -0.3 is 10.3 Å². The zero-order valence-corrected chi connectivity index (χ0v) is 10.6. The molecule has 3 nitrogen and oxygen atoms in total. The molecule has 2 rings (SSSR count). The molecule has 0 aliphatic heterocycles. The summed E-state index contributed by atoms with van der Waals surface area (Å²) in [6.07, 6.45) is -4.73. The van der Waals surface area contributed by atoms with Crippen LogP contribution in [0.2, 0.25) is 0 Å². The Morgan fingerprint density at radius 1 is 1.32 bits per heavy atom. The molecule has 0 saturated carbocycles. The fourth-order valence-corrected chi connectivity index (χ4v) is 2.06. The van der Waals surface area contributed by atoms with Crippen LogP contribution in [-0.4, -0.2) is 21.8 Å². The number of fused-ring (bicyclic) bond motifs is 1. The molecule has 0 fully saturated rings. The number of hydrogen-bond donors (Lipinski definition) is 1. The maximum Gasteiger partial charge on any atom is 0.389 e. The Morgan fingerprint density at radius 3 is 2.63 bits per heavy atom. The van der Waals surface area contributed by atoms with Gasteiger partial charge in [0.05, 0.1) is 11.0 Å². The second-order valence-electron chi connectivity index (χ2n) is 4.69. The molecule has 0 saturated heterocycles. The number of rotatable bonds is 4. The van der Waals surface area contributed by atoms with E-state index >= 15 is 0 Å². The summed E-state index contributed by atoms with van der Waals surface area (Å²) in [5, 5.41) is 0. The Kier molecular flexibility index (Phi) is 3.80. The molecule has 0 aliphatic rings. The molecule has 0 bridgehead atoms. The minimum Gasteiger partial charge on any atom is -0.331 e. The highest BCUT2D eigenvalue weighted by molar-refractivity contribution is 5.75. The number of imidazole rings is 1. The highest BCUT2D eigenvalue weighted by atomic mass is 19.4. The highest BCUT2D eigenvalue weighted by Gasteiger charge is 2.27. The van der Waals surface area contributed by atoms with Crippen molar-refractivity contribution in [1.29, 1.82) is 0 Å². The van der Waals surface area contributed by atoms with Crippen molar-refractivity contribution in [2.24, 2.45) is 12.8 Å². The van der Waals surface area contributed by atoms with E-state index in [1.807, 2.05) is 35.9 Å². The van der Waals surface area contributed by atoms with Gasteiger partial charge in [0.15, 0.2) is 0 Å². The van der Waals surface area contributed by atoms with E-state index in [9.17, 15) is 13.2 Å². The van der Waals surface area contributed by atoms with E-state index in [1.165, 1.54) is 0 Å². The molecule has 2 aromatic rings. The first-order valence-electron chi connectivity index (χ1n) is 6.09. The molecule has 19 heavy (non-hydrogen) atoms. The quantitative estimate of drug-likeness (QED) is 0.929. The molecular weight excluding hydrogens is 255 g/mol. The van der Waals surface area contributed by atoms with Crippen molar-refractivity contribution in [2.45, 2.75) is 31.5 Å². The summed E-state index contributed by atoms with van der Waals surface area (Å²) in [5.41, 5.74) is 7.55. The molecule has 104 valence electrons. The predicted octanol–water partition coefficient (Wildman–Crippen LogP) is 2.79. The lowest BCUT2D eigenvalue weighted by Crippen LogP contribution is -2.26. The van der Waals surface area contributed by atoms with Gasteiger partial charge in [-0.1, -0.05) is 12.1 Å². The summed E-state index contributed by atoms with van der Waals surface area (Å²) in [6, 6.07) is 7.05. The van der Waals surface area contributed by atoms with E-state index in [2.05, 4.69) is 4.98 Å². The third-order valence-electron chi connectivity index (χ3n) is 3.12. The van der Waals surface area contributed by atoms with Gasteiger partial charge in [-0.25, -0.2) is 4.98 Å². The molecule has 1 unspecified atom stereocenters. The van der Waals surface area contributed by atoms with Gasteiger partial charge in [0.1, 0.15) is 5.82 Å². The van der Waals surface area contributed by atoms with Crippen LogP contribution in [0, 0.1) is 0 Å². The third kappa shape index (κ3) is 3.47. The number of nitrogens with two attached hydrogens (primary N) is 1. The number of aryl methyl sites for hydroxylation is 1. The second-order valence-corrected chi connectivity index (χ2v) is 4.69. The fourth-order valence-electron chi connectivity index (χ4n) is 2.06. The number of halogens is 3. The first kappa shape index (κ1) is 13.9. The topological polar surface area (TPSA) is 43.8 Å². The molecule has 1 aromatic heterocycles. The number of hydrogen-bond acceptors (Lipinski definition) is 2. The van der Waals surface area contributed by atoms with E-state index in [4.69, 9.17) is 5.73 Å². The molecule has 0 spiro atoms. The van der Waals surface area contributed by atoms with Crippen LogP contribution in [-0.2, 0) is 13.5 Å². The SMILES string of the molecule is Cn1c(CC(N)CCC(F)(F)F)nc2ccccc21.